The molecule has 0 aliphatic carbocycles. The van der Waals surface area contributed by atoms with E-state index in [1.54, 1.807) is 0 Å². The molecule has 1 atom stereocenters. The van der Waals surface area contributed by atoms with Crippen molar-refractivity contribution in [3.8, 4) is 0 Å². The molecule has 0 bridgehead atoms. The van der Waals surface area contributed by atoms with Gasteiger partial charge in [0.1, 0.15) is 10.7 Å². The van der Waals surface area contributed by atoms with Gasteiger partial charge in [-0.05, 0) is 25.0 Å². The van der Waals surface area contributed by atoms with E-state index in [9.17, 15) is 12.8 Å². The summed E-state index contributed by atoms with van der Waals surface area (Å²) in [5, 5.41) is 0. The van der Waals surface area contributed by atoms with Gasteiger partial charge in [0.25, 0.3) is 0 Å². The quantitative estimate of drug-likeness (QED) is 0.886. The van der Waals surface area contributed by atoms with Crippen LogP contribution in [0.3, 0.4) is 0 Å². The lowest BCUT2D eigenvalue weighted by Crippen LogP contribution is -2.32. The minimum Gasteiger partial charge on any atom is -0.377 e. The third kappa shape index (κ3) is 3.02. The number of sulfonamides is 1. The minimum absolute atomic E-state index is 0.100. The molecule has 1 aromatic carbocycles. The van der Waals surface area contributed by atoms with Crippen molar-refractivity contribution in [3.63, 3.8) is 0 Å². The topological polar surface area (TPSA) is 55.4 Å². The minimum atomic E-state index is -3.78. The molecule has 1 heterocycles. The first kappa shape index (κ1) is 12.5. The molecule has 2 rings (SSSR count). The van der Waals surface area contributed by atoms with Crippen LogP contribution < -0.4 is 4.72 Å². The second-order valence-electron chi connectivity index (χ2n) is 3.92. The van der Waals surface area contributed by atoms with Crippen LogP contribution in [0.5, 0.6) is 0 Å². The van der Waals surface area contributed by atoms with Gasteiger partial charge in [0, 0.05) is 13.2 Å². The zero-order valence-electron chi connectivity index (χ0n) is 9.23. The highest BCUT2D eigenvalue weighted by atomic mass is 32.2. The molecule has 1 aromatic rings. The maximum absolute atomic E-state index is 13.3. The summed E-state index contributed by atoms with van der Waals surface area (Å²) in [5.41, 5.74) is 0. The van der Waals surface area contributed by atoms with Gasteiger partial charge in [-0.1, -0.05) is 12.1 Å². The smallest absolute Gasteiger partial charge is 0.243 e. The van der Waals surface area contributed by atoms with E-state index in [1.165, 1.54) is 18.2 Å². The highest BCUT2D eigenvalue weighted by molar-refractivity contribution is 7.89. The van der Waals surface area contributed by atoms with Crippen molar-refractivity contribution >= 4 is 10.0 Å². The summed E-state index contributed by atoms with van der Waals surface area (Å²) in [5.74, 6) is -0.743. The third-order valence-electron chi connectivity index (χ3n) is 2.65. The molecule has 6 heteroatoms. The first-order chi connectivity index (χ1) is 8.09. The van der Waals surface area contributed by atoms with Crippen LogP contribution in [-0.2, 0) is 14.8 Å². The van der Waals surface area contributed by atoms with E-state index in [2.05, 4.69) is 4.72 Å². The number of ether oxygens (including phenoxy) is 1. The first-order valence-electron chi connectivity index (χ1n) is 5.45. The normalized spacial score (nSPS) is 20.6. The largest absolute Gasteiger partial charge is 0.377 e. The molecule has 1 fully saturated rings. The van der Waals surface area contributed by atoms with Crippen LogP contribution in [0.1, 0.15) is 12.8 Å². The number of benzene rings is 1. The highest BCUT2D eigenvalue weighted by Gasteiger charge is 2.22. The SMILES string of the molecule is O=S(=O)(NC[C@@H]1CCCO1)c1ccccc1F. The molecule has 0 amide bonds. The number of nitrogens with one attached hydrogen (secondary N) is 1. The van der Waals surface area contributed by atoms with Gasteiger partial charge in [-0.3, -0.25) is 0 Å². The number of halogens is 1. The summed E-state index contributed by atoms with van der Waals surface area (Å²) in [4.78, 5) is -0.321. The Balaban J connectivity index is 2.06. The van der Waals surface area contributed by atoms with Crippen LogP contribution in [-0.4, -0.2) is 27.7 Å². The van der Waals surface area contributed by atoms with Gasteiger partial charge in [-0.25, -0.2) is 17.5 Å². The predicted molar refractivity (Wildman–Crippen MR) is 60.6 cm³/mol. The average molecular weight is 259 g/mol. The Hall–Kier alpha value is -0.980. The van der Waals surface area contributed by atoms with Crippen molar-refractivity contribution in [1.29, 1.82) is 0 Å². The van der Waals surface area contributed by atoms with E-state index in [-0.39, 0.29) is 17.5 Å². The van der Waals surface area contributed by atoms with Crippen molar-refractivity contribution < 1.29 is 17.5 Å². The number of rotatable bonds is 4. The Morgan fingerprint density at radius 2 is 2.18 bits per heavy atom. The molecule has 17 heavy (non-hydrogen) atoms. The summed E-state index contributed by atoms with van der Waals surface area (Å²) in [6.07, 6.45) is 1.67. The molecule has 0 spiro atoms. The maximum Gasteiger partial charge on any atom is 0.243 e. The van der Waals surface area contributed by atoms with Crippen molar-refractivity contribution in [2.75, 3.05) is 13.2 Å². The Kier molecular flexibility index (Phi) is 3.76. The fourth-order valence-electron chi connectivity index (χ4n) is 1.75. The Labute approximate surface area is 99.8 Å². The van der Waals surface area contributed by atoms with Gasteiger partial charge in [0.05, 0.1) is 6.10 Å². The monoisotopic (exact) mass is 259 g/mol. The Morgan fingerprint density at radius 3 is 2.82 bits per heavy atom. The average Bonchev–Trinajstić information content (AvgIpc) is 2.80. The van der Waals surface area contributed by atoms with Crippen LogP contribution in [0.15, 0.2) is 29.2 Å². The van der Waals surface area contributed by atoms with E-state index in [0.717, 1.165) is 18.9 Å². The summed E-state index contributed by atoms with van der Waals surface area (Å²) in [6.45, 7) is 0.850. The second-order valence-corrected chi connectivity index (χ2v) is 5.65. The fraction of sp³-hybridized carbons (Fsp3) is 0.455. The van der Waals surface area contributed by atoms with Gasteiger partial charge in [-0.2, -0.15) is 0 Å². The molecule has 0 unspecified atom stereocenters. The van der Waals surface area contributed by atoms with E-state index >= 15 is 0 Å². The zero-order chi connectivity index (χ0) is 12.3. The van der Waals surface area contributed by atoms with Gasteiger partial charge in [0.2, 0.25) is 10.0 Å². The predicted octanol–water partition coefficient (Wildman–Crippen LogP) is 1.28. The van der Waals surface area contributed by atoms with Crippen LogP contribution in [0.4, 0.5) is 4.39 Å². The highest BCUT2D eigenvalue weighted by Crippen LogP contribution is 2.15. The van der Waals surface area contributed by atoms with Gasteiger partial charge in [0.15, 0.2) is 0 Å². The molecule has 1 aliphatic rings. The maximum atomic E-state index is 13.3. The van der Waals surface area contributed by atoms with Crippen LogP contribution >= 0.6 is 0 Å². The summed E-state index contributed by atoms with van der Waals surface area (Å²) < 4.78 is 44.6. The van der Waals surface area contributed by atoms with Crippen molar-refractivity contribution in [3.05, 3.63) is 30.1 Å². The molecule has 4 nitrogen and oxygen atoms in total. The van der Waals surface area contributed by atoms with Crippen LogP contribution in [0.2, 0.25) is 0 Å². The lowest BCUT2D eigenvalue weighted by molar-refractivity contribution is 0.114. The molecular weight excluding hydrogens is 245 g/mol. The van der Waals surface area contributed by atoms with Gasteiger partial charge >= 0.3 is 0 Å². The van der Waals surface area contributed by atoms with Crippen molar-refractivity contribution in [1.82, 2.24) is 4.72 Å². The molecule has 0 saturated carbocycles. The van der Waals surface area contributed by atoms with E-state index in [0.29, 0.717) is 6.61 Å². The number of hydrogen-bond acceptors (Lipinski definition) is 3. The Bertz CT molecular complexity index is 483. The molecule has 1 N–H and O–H groups in total. The van der Waals surface area contributed by atoms with Gasteiger partial charge in [-0.15, -0.1) is 0 Å². The molecule has 0 radical (unpaired) electrons. The summed E-state index contributed by atoms with van der Waals surface area (Å²) in [7, 11) is -3.78. The van der Waals surface area contributed by atoms with E-state index in [4.69, 9.17) is 4.74 Å². The molecule has 1 aliphatic heterocycles. The Morgan fingerprint density at radius 1 is 1.41 bits per heavy atom. The summed E-state index contributed by atoms with van der Waals surface area (Å²) >= 11 is 0. The zero-order valence-corrected chi connectivity index (χ0v) is 10.0. The van der Waals surface area contributed by atoms with Gasteiger partial charge < -0.3 is 4.74 Å². The molecule has 1 saturated heterocycles. The first-order valence-corrected chi connectivity index (χ1v) is 6.94. The van der Waals surface area contributed by atoms with E-state index < -0.39 is 15.8 Å². The molecule has 94 valence electrons. The molecule has 0 aromatic heterocycles. The summed E-state index contributed by atoms with van der Waals surface area (Å²) in [6, 6.07) is 5.31. The van der Waals surface area contributed by atoms with Crippen molar-refractivity contribution in [2.24, 2.45) is 0 Å². The lowest BCUT2D eigenvalue weighted by atomic mass is 10.2. The van der Waals surface area contributed by atoms with Crippen LogP contribution in [0, 0.1) is 5.82 Å². The number of hydrogen-bond donors (Lipinski definition) is 1. The van der Waals surface area contributed by atoms with E-state index in [1.807, 2.05) is 0 Å². The lowest BCUT2D eigenvalue weighted by Gasteiger charge is -2.11. The fourth-order valence-corrected chi connectivity index (χ4v) is 2.89. The van der Waals surface area contributed by atoms with Crippen LogP contribution in [0.25, 0.3) is 0 Å². The second kappa shape index (κ2) is 5.12. The standard InChI is InChI=1S/C11H14FNO3S/c12-10-5-1-2-6-11(10)17(14,15)13-8-9-4-3-7-16-9/h1-2,5-6,9,13H,3-4,7-8H2/t9-/m0/s1. The molecular formula is C11H14FNO3S. The third-order valence-corrected chi connectivity index (χ3v) is 4.11. The van der Waals surface area contributed by atoms with Crippen molar-refractivity contribution in [2.45, 2.75) is 23.8 Å².